The lowest BCUT2D eigenvalue weighted by Crippen LogP contribution is -2.38. The number of fused-ring (bicyclic) bond motifs is 2. The fourth-order valence-electron chi connectivity index (χ4n) is 2.86. The van der Waals surface area contributed by atoms with Crippen molar-refractivity contribution in [2.24, 2.45) is 0 Å². The molecule has 1 fully saturated rings. The molecule has 1 saturated carbocycles. The smallest absolute Gasteiger partial charge is 0.252 e. The van der Waals surface area contributed by atoms with E-state index in [1.165, 1.54) is 11.3 Å². The molecule has 0 unspecified atom stereocenters. The summed E-state index contributed by atoms with van der Waals surface area (Å²) in [6.45, 7) is 2.51. The molecule has 0 aromatic carbocycles. The summed E-state index contributed by atoms with van der Waals surface area (Å²) < 4.78 is 14.0. The molecule has 2 aromatic heterocycles. The summed E-state index contributed by atoms with van der Waals surface area (Å²) in [5, 5.41) is 2.94. The molecule has 3 heterocycles. The Hall–Kier alpha value is -1.53. The zero-order valence-electron chi connectivity index (χ0n) is 11.2. The van der Waals surface area contributed by atoms with E-state index >= 15 is 0 Å². The van der Waals surface area contributed by atoms with Gasteiger partial charge in [0.2, 0.25) is 5.28 Å². The molecule has 1 N–H and O–H groups in total. The summed E-state index contributed by atoms with van der Waals surface area (Å²) in [7, 11) is 0. The van der Waals surface area contributed by atoms with Gasteiger partial charge < -0.3 is 5.32 Å². The predicted molar refractivity (Wildman–Crippen MR) is 78.3 cm³/mol. The monoisotopic (exact) mass is 323 g/mol. The molecule has 1 aliphatic carbocycles. The van der Waals surface area contributed by atoms with E-state index in [1.807, 2.05) is 6.92 Å². The lowest BCUT2D eigenvalue weighted by atomic mass is 9.93. The molecule has 0 atom stereocenters. The highest BCUT2D eigenvalue weighted by Crippen LogP contribution is 2.55. The minimum atomic E-state index is -0.522. The standard InChI is InChI=1S/C14H11ClFN3OS/c1-6-8-11(14(2-3-14)5-18-12(8)20)21-10(6)9-7(16)4-17-13(15)19-9/h4H,2-3,5H2,1H3,(H,18,20). The van der Waals surface area contributed by atoms with Crippen LogP contribution in [0.1, 0.15) is 33.6 Å². The lowest BCUT2D eigenvalue weighted by molar-refractivity contribution is 0.0938. The van der Waals surface area contributed by atoms with Gasteiger partial charge in [-0.15, -0.1) is 11.3 Å². The Morgan fingerprint density at radius 3 is 2.95 bits per heavy atom. The number of thiophene rings is 1. The number of nitrogens with zero attached hydrogens (tertiary/aromatic N) is 2. The Morgan fingerprint density at radius 1 is 1.48 bits per heavy atom. The summed E-state index contributed by atoms with van der Waals surface area (Å²) in [6, 6.07) is 0. The number of hydrogen-bond acceptors (Lipinski definition) is 4. The van der Waals surface area contributed by atoms with Crippen molar-refractivity contribution in [3.8, 4) is 10.6 Å². The van der Waals surface area contributed by atoms with E-state index in [0.29, 0.717) is 17.0 Å². The maximum atomic E-state index is 14.0. The third-order valence-corrected chi connectivity index (χ3v) is 5.95. The normalized spacial score (nSPS) is 18.5. The Morgan fingerprint density at radius 2 is 2.24 bits per heavy atom. The number of nitrogens with one attached hydrogen (secondary N) is 1. The molecule has 21 heavy (non-hydrogen) atoms. The minimum absolute atomic E-state index is 0.00255. The third-order valence-electron chi connectivity index (χ3n) is 4.23. The van der Waals surface area contributed by atoms with Crippen LogP contribution in [0, 0.1) is 12.7 Å². The number of carbonyl (C=O) groups is 1. The van der Waals surface area contributed by atoms with Crippen molar-refractivity contribution >= 4 is 28.8 Å². The van der Waals surface area contributed by atoms with Crippen molar-refractivity contribution in [2.45, 2.75) is 25.2 Å². The molecule has 0 radical (unpaired) electrons. The molecule has 0 bridgehead atoms. The number of hydrogen-bond donors (Lipinski definition) is 1. The van der Waals surface area contributed by atoms with Gasteiger partial charge in [0.05, 0.1) is 16.6 Å². The second kappa shape index (κ2) is 4.24. The van der Waals surface area contributed by atoms with Crippen LogP contribution >= 0.6 is 22.9 Å². The van der Waals surface area contributed by atoms with Crippen molar-refractivity contribution in [3.05, 3.63) is 33.3 Å². The van der Waals surface area contributed by atoms with Gasteiger partial charge in [0.15, 0.2) is 5.82 Å². The number of aromatic nitrogens is 2. The molecule has 4 nitrogen and oxygen atoms in total. The molecule has 2 aromatic rings. The average Bonchev–Trinajstić information content (AvgIpc) is 3.15. The summed E-state index contributed by atoms with van der Waals surface area (Å²) >= 11 is 7.24. The Kier molecular flexibility index (Phi) is 2.65. The maximum absolute atomic E-state index is 14.0. The van der Waals surface area contributed by atoms with Crippen LogP contribution in [0.5, 0.6) is 0 Å². The Balaban J connectivity index is 1.96. The number of halogens is 2. The summed E-state index contributed by atoms with van der Waals surface area (Å²) in [5.74, 6) is -0.602. The second-order valence-electron chi connectivity index (χ2n) is 5.56. The summed E-state index contributed by atoms with van der Waals surface area (Å²) in [6.07, 6.45) is 3.19. The van der Waals surface area contributed by atoms with Gasteiger partial charge in [0.1, 0.15) is 5.69 Å². The largest absolute Gasteiger partial charge is 0.351 e. The van der Waals surface area contributed by atoms with Crippen LogP contribution in [-0.4, -0.2) is 22.4 Å². The quantitative estimate of drug-likeness (QED) is 0.821. The first-order chi connectivity index (χ1) is 10.0. The first kappa shape index (κ1) is 13.2. The van der Waals surface area contributed by atoms with E-state index in [-0.39, 0.29) is 22.3 Å². The van der Waals surface area contributed by atoms with Crippen molar-refractivity contribution in [2.75, 3.05) is 6.54 Å². The zero-order chi connectivity index (χ0) is 14.8. The first-order valence-electron chi connectivity index (χ1n) is 6.62. The van der Waals surface area contributed by atoms with Crippen LogP contribution < -0.4 is 5.32 Å². The topological polar surface area (TPSA) is 54.9 Å². The second-order valence-corrected chi connectivity index (χ2v) is 6.92. The van der Waals surface area contributed by atoms with Gasteiger partial charge in [-0.1, -0.05) is 0 Å². The lowest BCUT2D eigenvalue weighted by Gasteiger charge is -2.22. The van der Waals surface area contributed by atoms with Gasteiger partial charge in [-0.25, -0.2) is 14.4 Å². The van der Waals surface area contributed by atoms with E-state index < -0.39 is 5.82 Å². The van der Waals surface area contributed by atoms with Crippen molar-refractivity contribution in [1.29, 1.82) is 0 Å². The van der Waals surface area contributed by atoms with Gasteiger partial charge in [-0.2, -0.15) is 0 Å². The molecule has 1 spiro atoms. The van der Waals surface area contributed by atoms with Crippen molar-refractivity contribution < 1.29 is 9.18 Å². The molecular weight excluding hydrogens is 313 g/mol. The SMILES string of the molecule is Cc1c(-c2nc(Cl)ncc2F)sc2c1C(=O)NCC21CC1. The Bertz CT molecular complexity index is 785. The van der Waals surface area contributed by atoms with E-state index in [1.54, 1.807) is 0 Å². The Labute approximate surface area is 129 Å². The highest BCUT2D eigenvalue weighted by atomic mass is 35.5. The number of amides is 1. The van der Waals surface area contributed by atoms with Crippen LogP contribution in [0.25, 0.3) is 10.6 Å². The number of rotatable bonds is 1. The van der Waals surface area contributed by atoms with Gasteiger partial charge >= 0.3 is 0 Å². The summed E-state index contributed by atoms with van der Waals surface area (Å²) in [4.78, 5) is 21.5. The predicted octanol–water partition coefficient (Wildman–Crippen LogP) is 3.08. The van der Waals surface area contributed by atoms with E-state index in [0.717, 1.165) is 29.5 Å². The first-order valence-corrected chi connectivity index (χ1v) is 7.82. The van der Waals surface area contributed by atoms with Gasteiger partial charge in [0, 0.05) is 16.8 Å². The van der Waals surface area contributed by atoms with E-state index in [2.05, 4.69) is 15.3 Å². The average molecular weight is 324 g/mol. The minimum Gasteiger partial charge on any atom is -0.351 e. The van der Waals surface area contributed by atoms with Gasteiger partial charge in [-0.05, 0) is 36.9 Å². The van der Waals surface area contributed by atoms with Crippen molar-refractivity contribution in [1.82, 2.24) is 15.3 Å². The fraction of sp³-hybridized carbons (Fsp3) is 0.357. The van der Waals surface area contributed by atoms with Crippen LogP contribution in [0.4, 0.5) is 4.39 Å². The van der Waals surface area contributed by atoms with Gasteiger partial charge in [0.25, 0.3) is 5.91 Å². The molecular formula is C14H11ClFN3OS. The molecule has 4 rings (SSSR count). The zero-order valence-corrected chi connectivity index (χ0v) is 12.7. The van der Waals surface area contributed by atoms with Gasteiger partial charge in [-0.3, -0.25) is 4.79 Å². The molecule has 7 heteroatoms. The molecule has 2 aliphatic rings. The fourth-order valence-corrected chi connectivity index (χ4v) is 4.54. The number of carbonyl (C=O) groups excluding carboxylic acids is 1. The highest BCUT2D eigenvalue weighted by molar-refractivity contribution is 7.16. The molecule has 1 aliphatic heterocycles. The highest BCUT2D eigenvalue weighted by Gasteiger charge is 2.51. The summed E-state index contributed by atoms with van der Waals surface area (Å²) in [5.41, 5.74) is 1.69. The molecule has 108 valence electrons. The van der Waals surface area contributed by atoms with Crippen LogP contribution in [0.2, 0.25) is 5.28 Å². The van der Waals surface area contributed by atoms with E-state index in [9.17, 15) is 9.18 Å². The maximum Gasteiger partial charge on any atom is 0.252 e. The van der Waals surface area contributed by atoms with E-state index in [4.69, 9.17) is 11.6 Å². The third kappa shape index (κ3) is 1.82. The van der Waals surface area contributed by atoms with Crippen LogP contribution in [-0.2, 0) is 5.41 Å². The van der Waals surface area contributed by atoms with Crippen molar-refractivity contribution in [3.63, 3.8) is 0 Å². The van der Waals surface area contributed by atoms with Crippen LogP contribution in [0.15, 0.2) is 6.20 Å². The van der Waals surface area contributed by atoms with Crippen LogP contribution in [0.3, 0.4) is 0 Å². The molecule has 1 amide bonds. The molecule has 0 saturated heterocycles.